The molecule has 1 aliphatic rings. The number of aromatic hydroxyl groups is 3. The van der Waals surface area contributed by atoms with E-state index in [1.807, 2.05) is 43.3 Å². The standard InChI is InChI=1S/C32H40O6/c1-19(2)21-9-24-15-36-13-22-7-20(3)8-23(29(22)33)14-37-17-26-11-28(32(4,5)6)12-27(31(26)35)18-38-16-25(10-21)30(24)34/h7-12,19,33-35H,13-18H2,1-6H3. The molecule has 0 saturated carbocycles. The van der Waals surface area contributed by atoms with Crippen molar-refractivity contribution in [2.75, 3.05) is 0 Å². The van der Waals surface area contributed by atoms with Gasteiger partial charge in [-0.15, -0.1) is 0 Å². The van der Waals surface area contributed by atoms with Crippen LogP contribution < -0.4 is 0 Å². The van der Waals surface area contributed by atoms with Crippen LogP contribution in [-0.4, -0.2) is 15.3 Å². The Bertz CT molecular complexity index is 1300. The van der Waals surface area contributed by atoms with E-state index in [0.717, 1.165) is 16.7 Å². The van der Waals surface area contributed by atoms with Gasteiger partial charge < -0.3 is 29.5 Å². The summed E-state index contributed by atoms with van der Waals surface area (Å²) in [7, 11) is 0. The molecular weight excluding hydrogens is 480 g/mol. The van der Waals surface area contributed by atoms with Crippen LogP contribution in [0.25, 0.3) is 0 Å². The van der Waals surface area contributed by atoms with Gasteiger partial charge in [-0.25, -0.2) is 0 Å². The van der Waals surface area contributed by atoms with Gasteiger partial charge in [0.15, 0.2) is 0 Å². The van der Waals surface area contributed by atoms with Crippen LogP contribution in [0.4, 0.5) is 0 Å². The highest BCUT2D eigenvalue weighted by Crippen LogP contribution is 2.35. The molecule has 0 aliphatic carbocycles. The van der Waals surface area contributed by atoms with Crippen LogP contribution in [0.3, 0.4) is 0 Å². The molecule has 0 fully saturated rings. The molecule has 6 bridgehead atoms. The third-order valence-corrected chi connectivity index (χ3v) is 7.05. The van der Waals surface area contributed by atoms with Crippen LogP contribution in [-0.2, 0) is 59.3 Å². The first-order valence-corrected chi connectivity index (χ1v) is 13.2. The third-order valence-electron chi connectivity index (χ3n) is 7.05. The molecule has 0 unspecified atom stereocenters. The van der Waals surface area contributed by atoms with Gasteiger partial charge in [0.2, 0.25) is 0 Å². The van der Waals surface area contributed by atoms with Crippen LogP contribution >= 0.6 is 0 Å². The fourth-order valence-corrected chi connectivity index (χ4v) is 4.72. The SMILES string of the molecule is Cc1cc2c(O)c(c1)COCc1cc(C(C)(C)C)cc(c1O)COCc1cc(C(C)C)cc(c1O)COC2. The van der Waals surface area contributed by atoms with Crippen LogP contribution in [0.15, 0.2) is 36.4 Å². The van der Waals surface area contributed by atoms with E-state index in [1.54, 1.807) is 0 Å². The predicted octanol–water partition coefficient (Wildman–Crippen LogP) is 7.00. The lowest BCUT2D eigenvalue weighted by molar-refractivity contribution is 0.0929. The van der Waals surface area contributed by atoms with E-state index in [0.29, 0.717) is 33.4 Å². The second-order valence-corrected chi connectivity index (χ2v) is 11.6. The Morgan fingerprint density at radius 2 is 0.895 bits per heavy atom. The minimum Gasteiger partial charge on any atom is -0.507 e. The Kier molecular flexibility index (Phi) is 8.36. The molecule has 0 radical (unpaired) electrons. The minimum absolute atomic E-state index is 0.138. The Balaban J connectivity index is 1.77. The van der Waals surface area contributed by atoms with Gasteiger partial charge in [-0.3, -0.25) is 0 Å². The van der Waals surface area contributed by atoms with E-state index in [-0.39, 0.29) is 68.2 Å². The fourth-order valence-electron chi connectivity index (χ4n) is 4.72. The molecule has 0 amide bonds. The average molecular weight is 521 g/mol. The molecule has 0 aromatic heterocycles. The first kappa shape index (κ1) is 28.0. The molecule has 4 rings (SSSR count). The van der Waals surface area contributed by atoms with Gasteiger partial charge in [0.1, 0.15) is 17.2 Å². The highest BCUT2D eigenvalue weighted by molar-refractivity contribution is 5.47. The second-order valence-electron chi connectivity index (χ2n) is 11.6. The Labute approximate surface area is 225 Å². The van der Waals surface area contributed by atoms with Crippen molar-refractivity contribution in [1.29, 1.82) is 0 Å². The summed E-state index contributed by atoms with van der Waals surface area (Å²) in [6.45, 7) is 13.7. The van der Waals surface area contributed by atoms with Gasteiger partial charge in [-0.2, -0.15) is 0 Å². The number of rotatable bonds is 1. The summed E-state index contributed by atoms with van der Waals surface area (Å²) in [5.74, 6) is 0.678. The maximum absolute atomic E-state index is 11.1. The Morgan fingerprint density at radius 1 is 0.579 bits per heavy atom. The number of phenols is 3. The number of ether oxygens (including phenoxy) is 3. The number of aryl methyl sites for hydroxylation is 1. The molecule has 3 N–H and O–H groups in total. The summed E-state index contributed by atoms with van der Waals surface area (Å²) < 4.78 is 18.0. The zero-order chi connectivity index (χ0) is 27.6. The van der Waals surface area contributed by atoms with Crippen molar-refractivity contribution in [2.45, 2.75) is 92.5 Å². The van der Waals surface area contributed by atoms with Crippen molar-refractivity contribution in [2.24, 2.45) is 0 Å². The summed E-state index contributed by atoms with van der Waals surface area (Å²) in [6, 6.07) is 11.7. The van der Waals surface area contributed by atoms with E-state index in [4.69, 9.17) is 14.2 Å². The summed E-state index contributed by atoms with van der Waals surface area (Å²) in [6.07, 6.45) is 0. The lowest BCUT2D eigenvalue weighted by atomic mass is 9.85. The number of fused-ring (bicyclic) bond motifs is 6. The predicted molar refractivity (Wildman–Crippen MR) is 147 cm³/mol. The van der Waals surface area contributed by atoms with Crippen LogP contribution in [0.5, 0.6) is 17.2 Å². The zero-order valence-corrected chi connectivity index (χ0v) is 23.4. The smallest absolute Gasteiger partial charge is 0.126 e. The van der Waals surface area contributed by atoms with Crippen LogP contribution in [0.2, 0.25) is 0 Å². The average Bonchev–Trinajstić information content (AvgIpc) is 2.84. The second kappa shape index (κ2) is 11.4. The quantitative estimate of drug-likeness (QED) is 0.320. The fraction of sp³-hybridized carbons (Fsp3) is 0.438. The van der Waals surface area contributed by atoms with E-state index < -0.39 is 0 Å². The van der Waals surface area contributed by atoms with Crippen molar-refractivity contribution in [3.63, 3.8) is 0 Å². The largest absolute Gasteiger partial charge is 0.507 e. The van der Waals surface area contributed by atoms with Crippen molar-refractivity contribution in [3.8, 4) is 17.2 Å². The van der Waals surface area contributed by atoms with Crippen LogP contribution in [0, 0.1) is 6.92 Å². The topological polar surface area (TPSA) is 88.4 Å². The molecule has 1 aliphatic heterocycles. The lowest BCUT2D eigenvalue weighted by Crippen LogP contribution is -2.13. The lowest BCUT2D eigenvalue weighted by Gasteiger charge is -2.23. The number of phenolic OH excluding ortho intramolecular Hbond substituents is 3. The summed E-state index contributed by atoms with van der Waals surface area (Å²) in [5.41, 5.74) is 6.98. The highest BCUT2D eigenvalue weighted by Gasteiger charge is 2.20. The van der Waals surface area contributed by atoms with Crippen molar-refractivity contribution >= 4 is 0 Å². The molecular formula is C32H40O6. The van der Waals surface area contributed by atoms with Gasteiger partial charge >= 0.3 is 0 Å². The van der Waals surface area contributed by atoms with Gasteiger partial charge in [0.05, 0.1) is 39.6 Å². The summed E-state index contributed by atoms with van der Waals surface area (Å²) in [4.78, 5) is 0. The van der Waals surface area contributed by atoms with E-state index in [1.165, 1.54) is 0 Å². The van der Waals surface area contributed by atoms with Gasteiger partial charge in [-0.1, -0.05) is 52.3 Å². The molecule has 0 spiro atoms. The molecule has 3 aromatic carbocycles. The first-order chi connectivity index (χ1) is 17.9. The minimum atomic E-state index is -0.142. The van der Waals surface area contributed by atoms with Crippen molar-refractivity contribution in [3.05, 3.63) is 86.5 Å². The molecule has 6 heteroatoms. The van der Waals surface area contributed by atoms with Crippen molar-refractivity contribution in [1.82, 2.24) is 0 Å². The molecule has 1 heterocycles. The monoisotopic (exact) mass is 520 g/mol. The van der Waals surface area contributed by atoms with E-state index in [2.05, 4.69) is 34.6 Å². The molecule has 38 heavy (non-hydrogen) atoms. The van der Waals surface area contributed by atoms with Crippen molar-refractivity contribution < 1.29 is 29.5 Å². The molecule has 0 atom stereocenters. The van der Waals surface area contributed by atoms with Crippen LogP contribution in [0.1, 0.15) is 90.6 Å². The Hall–Kier alpha value is -3.06. The number of benzene rings is 3. The normalized spacial score (nSPS) is 15.2. The molecule has 0 saturated heterocycles. The van der Waals surface area contributed by atoms with Gasteiger partial charge in [0.25, 0.3) is 0 Å². The highest BCUT2D eigenvalue weighted by atomic mass is 16.5. The van der Waals surface area contributed by atoms with Gasteiger partial charge in [0, 0.05) is 33.4 Å². The third kappa shape index (κ3) is 6.32. The summed E-state index contributed by atoms with van der Waals surface area (Å²) in [5, 5.41) is 33.1. The maximum Gasteiger partial charge on any atom is 0.126 e. The molecule has 6 nitrogen and oxygen atoms in total. The molecule has 204 valence electrons. The van der Waals surface area contributed by atoms with Gasteiger partial charge in [-0.05, 0) is 53.6 Å². The first-order valence-electron chi connectivity index (χ1n) is 13.2. The zero-order valence-electron chi connectivity index (χ0n) is 23.4. The maximum atomic E-state index is 11.1. The molecule has 3 aromatic rings. The van der Waals surface area contributed by atoms with E-state index in [9.17, 15) is 15.3 Å². The van der Waals surface area contributed by atoms with E-state index >= 15 is 0 Å². The summed E-state index contributed by atoms with van der Waals surface area (Å²) >= 11 is 0. The Morgan fingerprint density at radius 3 is 1.21 bits per heavy atom. The number of hydrogen-bond acceptors (Lipinski definition) is 6. The number of hydrogen-bond donors (Lipinski definition) is 3.